The van der Waals surface area contributed by atoms with Gasteiger partial charge < -0.3 is 0 Å². The molecule has 3 N–H and O–H groups in total. The van der Waals surface area contributed by atoms with Crippen LogP contribution in [-0.2, 0) is 14.8 Å². The SMILES string of the molecule is O=C(CC/C=C/c1cccc(S(=O)(=O)Nc2ccccc2)c1)NO. The summed E-state index contributed by atoms with van der Waals surface area (Å²) in [4.78, 5) is 11.1. The van der Waals surface area contributed by atoms with Crippen LogP contribution in [0.3, 0.4) is 0 Å². The minimum absolute atomic E-state index is 0.153. The van der Waals surface area contributed by atoms with E-state index in [4.69, 9.17) is 5.21 Å². The Labute approximate surface area is 140 Å². The fourth-order valence-electron chi connectivity index (χ4n) is 2.00. The standard InChI is InChI=1S/C17H18N2O4S/c20-17(18-21)12-5-4-7-14-8-6-11-16(13-14)24(22,23)19-15-9-2-1-3-10-15/h1-4,6-11,13,19,21H,5,12H2,(H,18,20)/b7-4+. The number of carbonyl (C=O) groups is 1. The molecule has 0 aliphatic carbocycles. The van der Waals surface area contributed by atoms with E-state index < -0.39 is 15.9 Å². The summed E-state index contributed by atoms with van der Waals surface area (Å²) in [5.74, 6) is -0.469. The highest BCUT2D eigenvalue weighted by molar-refractivity contribution is 7.92. The number of hydrogen-bond acceptors (Lipinski definition) is 4. The van der Waals surface area contributed by atoms with Gasteiger partial charge >= 0.3 is 0 Å². The van der Waals surface area contributed by atoms with Crippen molar-refractivity contribution >= 4 is 27.7 Å². The van der Waals surface area contributed by atoms with Crippen molar-refractivity contribution in [2.45, 2.75) is 17.7 Å². The van der Waals surface area contributed by atoms with Gasteiger partial charge in [0.2, 0.25) is 5.91 Å². The highest BCUT2D eigenvalue weighted by atomic mass is 32.2. The smallest absolute Gasteiger partial charge is 0.261 e. The average Bonchev–Trinajstić information content (AvgIpc) is 2.59. The van der Waals surface area contributed by atoms with Crippen molar-refractivity contribution in [2.75, 3.05) is 4.72 Å². The Morgan fingerprint density at radius 1 is 1.08 bits per heavy atom. The second kappa shape index (κ2) is 8.28. The Morgan fingerprint density at radius 2 is 1.83 bits per heavy atom. The molecule has 2 aromatic carbocycles. The molecule has 126 valence electrons. The number of nitrogens with one attached hydrogen (secondary N) is 2. The first kappa shape index (κ1) is 17.7. The molecule has 1 amide bonds. The number of hydroxylamine groups is 1. The molecule has 0 atom stereocenters. The molecule has 2 rings (SSSR count). The molecule has 0 aromatic heterocycles. The van der Waals surface area contributed by atoms with Gasteiger partial charge in [0.15, 0.2) is 0 Å². The first-order valence-corrected chi connectivity index (χ1v) is 8.77. The topological polar surface area (TPSA) is 95.5 Å². The lowest BCUT2D eigenvalue weighted by Crippen LogP contribution is -2.17. The Hall–Kier alpha value is -2.64. The van der Waals surface area contributed by atoms with Gasteiger partial charge in [-0.2, -0.15) is 0 Å². The van der Waals surface area contributed by atoms with Crippen LogP contribution in [0.1, 0.15) is 18.4 Å². The maximum absolute atomic E-state index is 12.4. The molecule has 0 unspecified atom stereocenters. The number of anilines is 1. The predicted octanol–water partition coefficient (Wildman–Crippen LogP) is 2.79. The third-order valence-corrected chi connectivity index (χ3v) is 4.55. The fourth-order valence-corrected chi connectivity index (χ4v) is 3.11. The quantitative estimate of drug-likeness (QED) is 0.531. The van der Waals surface area contributed by atoms with Crippen molar-refractivity contribution in [3.8, 4) is 0 Å². The zero-order valence-electron chi connectivity index (χ0n) is 12.8. The molecule has 0 spiro atoms. The average molecular weight is 346 g/mol. The van der Waals surface area contributed by atoms with Crippen molar-refractivity contribution in [3.63, 3.8) is 0 Å². The monoisotopic (exact) mass is 346 g/mol. The lowest BCUT2D eigenvalue weighted by molar-refractivity contribution is -0.129. The van der Waals surface area contributed by atoms with E-state index in [1.54, 1.807) is 66.2 Å². The van der Waals surface area contributed by atoms with Crippen LogP contribution in [0, 0.1) is 0 Å². The second-order valence-corrected chi connectivity index (χ2v) is 6.70. The predicted molar refractivity (Wildman–Crippen MR) is 91.9 cm³/mol. The van der Waals surface area contributed by atoms with Gasteiger partial charge in [-0.1, -0.05) is 42.5 Å². The molecule has 7 heteroatoms. The maximum atomic E-state index is 12.4. The molecule has 0 bridgehead atoms. The van der Waals surface area contributed by atoms with Crippen LogP contribution < -0.4 is 10.2 Å². The number of para-hydroxylation sites is 1. The van der Waals surface area contributed by atoms with E-state index >= 15 is 0 Å². The van der Waals surface area contributed by atoms with Crippen molar-refractivity contribution in [1.82, 2.24) is 5.48 Å². The third-order valence-electron chi connectivity index (χ3n) is 3.17. The highest BCUT2D eigenvalue weighted by Gasteiger charge is 2.13. The van der Waals surface area contributed by atoms with Gasteiger partial charge in [-0.05, 0) is 36.2 Å². The lowest BCUT2D eigenvalue weighted by Gasteiger charge is -2.08. The van der Waals surface area contributed by atoms with Crippen LogP contribution in [0.15, 0.2) is 65.6 Å². The molecule has 0 saturated carbocycles. The number of sulfonamides is 1. The van der Waals surface area contributed by atoms with Gasteiger partial charge in [0.05, 0.1) is 4.90 Å². The normalized spacial score (nSPS) is 11.4. The van der Waals surface area contributed by atoms with Gasteiger partial charge in [0, 0.05) is 12.1 Å². The number of rotatable bonds is 7. The van der Waals surface area contributed by atoms with Crippen LogP contribution in [-0.4, -0.2) is 19.5 Å². The first-order chi connectivity index (χ1) is 11.5. The number of hydrogen-bond donors (Lipinski definition) is 3. The minimum Gasteiger partial charge on any atom is -0.289 e. The zero-order valence-corrected chi connectivity index (χ0v) is 13.7. The van der Waals surface area contributed by atoms with Crippen LogP contribution in [0.2, 0.25) is 0 Å². The molecular weight excluding hydrogens is 328 g/mol. The number of amides is 1. The van der Waals surface area contributed by atoms with E-state index in [1.807, 2.05) is 0 Å². The van der Waals surface area contributed by atoms with Crippen LogP contribution in [0.4, 0.5) is 5.69 Å². The number of benzene rings is 2. The van der Waals surface area contributed by atoms with E-state index in [0.717, 1.165) is 0 Å². The van der Waals surface area contributed by atoms with Gasteiger partial charge in [-0.3, -0.25) is 14.7 Å². The van der Waals surface area contributed by atoms with Crippen molar-refractivity contribution < 1.29 is 18.4 Å². The van der Waals surface area contributed by atoms with Gasteiger partial charge in [0.25, 0.3) is 10.0 Å². The van der Waals surface area contributed by atoms with Crippen LogP contribution in [0.5, 0.6) is 0 Å². The summed E-state index contributed by atoms with van der Waals surface area (Å²) in [6, 6.07) is 15.1. The van der Waals surface area contributed by atoms with Crippen molar-refractivity contribution in [1.29, 1.82) is 0 Å². The summed E-state index contributed by atoms with van der Waals surface area (Å²) < 4.78 is 27.3. The van der Waals surface area contributed by atoms with Crippen molar-refractivity contribution in [2.24, 2.45) is 0 Å². The largest absolute Gasteiger partial charge is 0.289 e. The van der Waals surface area contributed by atoms with E-state index in [2.05, 4.69) is 4.72 Å². The van der Waals surface area contributed by atoms with Gasteiger partial charge in [-0.25, -0.2) is 13.9 Å². The zero-order chi connectivity index (χ0) is 17.4. The van der Waals surface area contributed by atoms with Gasteiger partial charge in [-0.15, -0.1) is 0 Å². The third kappa shape index (κ3) is 5.22. The van der Waals surface area contributed by atoms with Crippen LogP contribution in [0.25, 0.3) is 6.08 Å². The minimum atomic E-state index is -3.66. The summed E-state index contributed by atoms with van der Waals surface area (Å²) in [6.45, 7) is 0. The molecule has 0 aliphatic rings. The summed E-state index contributed by atoms with van der Waals surface area (Å²) in [5.41, 5.74) is 2.75. The molecule has 0 fully saturated rings. The highest BCUT2D eigenvalue weighted by Crippen LogP contribution is 2.17. The van der Waals surface area contributed by atoms with Crippen molar-refractivity contribution in [3.05, 3.63) is 66.2 Å². The molecule has 2 aromatic rings. The van der Waals surface area contributed by atoms with Crippen LogP contribution >= 0.6 is 0 Å². The van der Waals surface area contributed by atoms with E-state index in [9.17, 15) is 13.2 Å². The van der Waals surface area contributed by atoms with E-state index in [1.165, 1.54) is 6.07 Å². The number of carbonyl (C=O) groups excluding carboxylic acids is 1. The lowest BCUT2D eigenvalue weighted by atomic mass is 10.2. The summed E-state index contributed by atoms with van der Waals surface area (Å²) in [5, 5.41) is 8.40. The molecular formula is C17H18N2O4S. The number of allylic oxidation sites excluding steroid dienone is 1. The second-order valence-electron chi connectivity index (χ2n) is 5.02. The Kier molecular flexibility index (Phi) is 6.11. The summed E-state index contributed by atoms with van der Waals surface area (Å²) in [7, 11) is -3.66. The molecule has 6 nitrogen and oxygen atoms in total. The fraction of sp³-hybridized carbons (Fsp3) is 0.118. The molecule has 0 heterocycles. The first-order valence-electron chi connectivity index (χ1n) is 7.29. The summed E-state index contributed by atoms with van der Waals surface area (Å²) >= 11 is 0. The maximum Gasteiger partial charge on any atom is 0.261 e. The molecule has 0 radical (unpaired) electrons. The van der Waals surface area contributed by atoms with Gasteiger partial charge in [0.1, 0.15) is 0 Å². The Morgan fingerprint density at radius 3 is 2.54 bits per heavy atom. The summed E-state index contributed by atoms with van der Waals surface area (Å²) in [6.07, 6.45) is 4.06. The Balaban J connectivity index is 2.09. The van der Waals surface area contributed by atoms with E-state index in [-0.39, 0.29) is 11.3 Å². The molecule has 0 saturated heterocycles. The van der Waals surface area contributed by atoms with E-state index in [0.29, 0.717) is 17.7 Å². The molecule has 24 heavy (non-hydrogen) atoms. The molecule has 0 aliphatic heterocycles. The Bertz CT molecular complexity index is 817.